The Morgan fingerprint density at radius 3 is 2.80 bits per heavy atom. The van der Waals surface area contributed by atoms with Crippen LogP contribution in [0.3, 0.4) is 0 Å². The Morgan fingerprint density at radius 2 is 1.93 bits per heavy atom. The molecule has 3 aliphatic heterocycles. The number of halogens is 2. The minimum Gasteiger partial charge on any atom is -0.316 e. The average molecular weight is 253 g/mol. The van der Waals surface area contributed by atoms with Gasteiger partial charge < -0.3 is 5.32 Å². The first kappa shape index (κ1) is 13.6. The SMILES string of the molecule is C1CCN2CC3CNCC(C3)[C@@H]2C1.Cl.Cl. The van der Waals surface area contributed by atoms with Crippen LogP contribution in [0.25, 0.3) is 0 Å². The molecule has 3 fully saturated rings. The minimum atomic E-state index is 0. The number of nitrogens with zero attached hydrogens (tertiary/aromatic N) is 1. The van der Waals surface area contributed by atoms with Crippen molar-refractivity contribution in [3.63, 3.8) is 0 Å². The van der Waals surface area contributed by atoms with E-state index in [0.29, 0.717) is 0 Å². The molecule has 1 N–H and O–H groups in total. The lowest BCUT2D eigenvalue weighted by atomic mass is 9.77. The van der Waals surface area contributed by atoms with E-state index in [0.717, 1.165) is 17.9 Å². The van der Waals surface area contributed by atoms with Crippen LogP contribution in [0.2, 0.25) is 0 Å². The van der Waals surface area contributed by atoms with E-state index in [9.17, 15) is 0 Å². The zero-order chi connectivity index (χ0) is 8.67. The number of nitrogens with one attached hydrogen (secondary N) is 1. The summed E-state index contributed by atoms with van der Waals surface area (Å²) in [5, 5.41) is 3.59. The highest BCUT2D eigenvalue weighted by Gasteiger charge is 2.38. The molecule has 90 valence electrons. The van der Waals surface area contributed by atoms with Gasteiger partial charge in [-0.05, 0) is 50.7 Å². The van der Waals surface area contributed by atoms with Gasteiger partial charge in [-0.1, -0.05) is 6.42 Å². The fourth-order valence-corrected chi connectivity index (χ4v) is 3.61. The Hall–Kier alpha value is 0.500. The average Bonchev–Trinajstić information content (AvgIpc) is 2.18. The molecule has 3 saturated heterocycles. The molecule has 3 heterocycles. The molecule has 0 aromatic carbocycles. The summed E-state index contributed by atoms with van der Waals surface area (Å²) in [5.74, 6) is 1.95. The predicted octanol–water partition coefficient (Wildman–Crippen LogP) is 1.92. The van der Waals surface area contributed by atoms with E-state index in [1.807, 2.05) is 0 Å². The predicted molar refractivity (Wildman–Crippen MR) is 68.2 cm³/mol. The second-order valence-corrected chi connectivity index (χ2v) is 5.08. The molecule has 0 spiro atoms. The van der Waals surface area contributed by atoms with Crippen molar-refractivity contribution in [2.75, 3.05) is 26.2 Å². The van der Waals surface area contributed by atoms with Gasteiger partial charge in [0.05, 0.1) is 0 Å². The second kappa shape index (κ2) is 5.72. The molecule has 0 aliphatic carbocycles. The third kappa shape index (κ3) is 2.60. The van der Waals surface area contributed by atoms with Gasteiger partial charge in [0.25, 0.3) is 0 Å². The van der Waals surface area contributed by atoms with Gasteiger partial charge in [0.2, 0.25) is 0 Å². The smallest absolute Gasteiger partial charge is 0.0136 e. The minimum absolute atomic E-state index is 0. The van der Waals surface area contributed by atoms with Gasteiger partial charge in [0.1, 0.15) is 0 Å². The quantitative estimate of drug-likeness (QED) is 0.709. The van der Waals surface area contributed by atoms with Crippen molar-refractivity contribution >= 4 is 24.8 Å². The van der Waals surface area contributed by atoms with Crippen LogP contribution in [0.5, 0.6) is 0 Å². The molecule has 3 rings (SSSR count). The van der Waals surface area contributed by atoms with Crippen LogP contribution in [-0.4, -0.2) is 37.1 Å². The van der Waals surface area contributed by atoms with E-state index >= 15 is 0 Å². The largest absolute Gasteiger partial charge is 0.316 e. The molecule has 3 atom stereocenters. The highest BCUT2D eigenvalue weighted by atomic mass is 35.5. The molecule has 0 saturated carbocycles. The summed E-state index contributed by atoms with van der Waals surface area (Å²) in [6, 6.07) is 0.942. The molecular formula is C11H22Cl2N2. The van der Waals surface area contributed by atoms with Gasteiger partial charge >= 0.3 is 0 Å². The van der Waals surface area contributed by atoms with E-state index in [1.165, 1.54) is 51.9 Å². The van der Waals surface area contributed by atoms with E-state index in [1.54, 1.807) is 0 Å². The second-order valence-electron chi connectivity index (χ2n) is 5.08. The Labute approximate surface area is 105 Å². The first-order chi connectivity index (χ1) is 6.43. The van der Waals surface area contributed by atoms with Crippen LogP contribution in [0, 0.1) is 11.8 Å². The van der Waals surface area contributed by atoms with Gasteiger partial charge in [-0.15, -0.1) is 24.8 Å². The lowest BCUT2D eigenvalue weighted by molar-refractivity contribution is 0.0109. The number of hydrogen-bond acceptors (Lipinski definition) is 2. The zero-order valence-corrected chi connectivity index (χ0v) is 10.8. The van der Waals surface area contributed by atoms with Crippen molar-refractivity contribution in [2.45, 2.75) is 31.7 Å². The summed E-state index contributed by atoms with van der Waals surface area (Å²) in [6.07, 6.45) is 5.90. The normalized spacial score (nSPS) is 39.6. The maximum absolute atomic E-state index is 3.59. The van der Waals surface area contributed by atoms with Crippen molar-refractivity contribution in [1.82, 2.24) is 10.2 Å². The van der Waals surface area contributed by atoms with Crippen LogP contribution in [0.1, 0.15) is 25.7 Å². The summed E-state index contributed by atoms with van der Waals surface area (Å²) in [7, 11) is 0. The molecule has 4 heteroatoms. The van der Waals surface area contributed by atoms with Crippen molar-refractivity contribution in [3.8, 4) is 0 Å². The van der Waals surface area contributed by atoms with E-state index < -0.39 is 0 Å². The van der Waals surface area contributed by atoms with Crippen LogP contribution in [0.4, 0.5) is 0 Å². The third-order valence-electron chi connectivity index (χ3n) is 4.18. The van der Waals surface area contributed by atoms with E-state index in [-0.39, 0.29) is 24.8 Å². The van der Waals surface area contributed by atoms with Crippen molar-refractivity contribution in [2.24, 2.45) is 11.8 Å². The Balaban J connectivity index is 0.000000562. The highest BCUT2D eigenvalue weighted by molar-refractivity contribution is 5.85. The molecule has 0 aromatic heterocycles. The number of hydrogen-bond donors (Lipinski definition) is 1. The Bertz CT molecular complexity index is 197. The summed E-state index contributed by atoms with van der Waals surface area (Å²) < 4.78 is 0. The summed E-state index contributed by atoms with van der Waals surface area (Å²) >= 11 is 0. The maximum atomic E-state index is 3.59. The standard InChI is InChI=1S/C11H20N2.2ClH/c1-2-4-13-8-9-5-10(7-12-6-9)11(13)3-1;;/h9-12H,1-8H2;2*1H/t9?,10?,11-;;/m0../s1. The molecule has 2 bridgehead atoms. The molecule has 15 heavy (non-hydrogen) atoms. The Kier molecular flexibility index (Phi) is 5.17. The van der Waals surface area contributed by atoms with Crippen LogP contribution < -0.4 is 5.32 Å². The topological polar surface area (TPSA) is 15.3 Å². The number of fused-ring (bicyclic) bond motifs is 4. The van der Waals surface area contributed by atoms with Gasteiger partial charge in [-0.2, -0.15) is 0 Å². The van der Waals surface area contributed by atoms with Crippen molar-refractivity contribution in [3.05, 3.63) is 0 Å². The molecule has 2 unspecified atom stereocenters. The van der Waals surface area contributed by atoms with Gasteiger partial charge in [0, 0.05) is 12.6 Å². The molecule has 3 aliphatic rings. The summed E-state index contributed by atoms with van der Waals surface area (Å²) in [6.45, 7) is 5.34. The van der Waals surface area contributed by atoms with Crippen molar-refractivity contribution < 1.29 is 0 Å². The third-order valence-corrected chi connectivity index (χ3v) is 4.18. The lowest BCUT2D eigenvalue weighted by Gasteiger charge is -2.50. The monoisotopic (exact) mass is 252 g/mol. The van der Waals surface area contributed by atoms with Gasteiger partial charge in [-0.25, -0.2) is 0 Å². The summed E-state index contributed by atoms with van der Waals surface area (Å²) in [5.41, 5.74) is 0. The summed E-state index contributed by atoms with van der Waals surface area (Å²) in [4.78, 5) is 2.78. The van der Waals surface area contributed by atoms with E-state index in [2.05, 4.69) is 10.2 Å². The molecular weight excluding hydrogens is 231 g/mol. The molecule has 0 aromatic rings. The number of rotatable bonds is 0. The molecule has 2 nitrogen and oxygen atoms in total. The fraction of sp³-hybridized carbons (Fsp3) is 1.00. The maximum Gasteiger partial charge on any atom is 0.0136 e. The first-order valence-electron chi connectivity index (χ1n) is 5.88. The molecule has 0 amide bonds. The van der Waals surface area contributed by atoms with E-state index in [4.69, 9.17) is 0 Å². The fourth-order valence-electron chi connectivity index (χ4n) is 3.61. The number of piperidine rings is 3. The lowest BCUT2D eigenvalue weighted by Crippen LogP contribution is -2.58. The Morgan fingerprint density at radius 1 is 1.07 bits per heavy atom. The van der Waals surface area contributed by atoms with Crippen molar-refractivity contribution in [1.29, 1.82) is 0 Å². The van der Waals surface area contributed by atoms with Gasteiger partial charge in [0.15, 0.2) is 0 Å². The molecule has 0 radical (unpaired) electrons. The van der Waals surface area contributed by atoms with Crippen LogP contribution >= 0.6 is 24.8 Å². The highest BCUT2D eigenvalue weighted by Crippen LogP contribution is 2.34. The first-order valence-corrected chi connectivity index (χ1v) is 5.88. The van der Waals surface area contributed by atoms with Crippen LogP contribution in [0.15, 0.2) is 0 Å². The van der Waals surface area contributed by atoms with Gasteiger partial charge in [-0.3, -0.25) is 4.90 Å². The zero-order valence-electron chi connectivity index (χ0n) is 9.15. The van der Waals surface area contributed by atoms with Crippen LogP contribution in [-0.2, 0) is 0 Å².